The second kappa shape index (κ2) is 3.09. The van der Waals surface area contributed by atoms with E-state index in [2.05, 4.69) is 21.5 Å². The molecule has 0 atom stereocenters. The summed E-state index contributed by atoms with van der Waals surface area (Å²) in [6, 6.07) is 0. The van der Waals surface area contributed by atoms with Crippen molar-refractivity contribution in [3.8, 4) is 0 Å². The van der Waals surface area contributed by atoms with E-state index in [1.165, 1.54) is 6.33 Å². The summed E-state index contributed by atoms with van der Waals surface area (Å²) >= 11 is 0. The molecule has 0 bridgehead atoms. The number of aromatic nitrogens is 3. The minimum absolute atomic E-state index is 0. The van der Waals surface area contributed by atoms with Crippen molar-refractivity contribution in [3.63, 3.8) is 0 Å². The van der Waals surface area contributed by atoms with Crippen molar-refractivity contribution in [1.82, 2.24) is 15.2 Å². The van der Waals surface area contributed by atoms with E-state index in [9.17, 15) is 0 Å². The van der Waals surface area contributed by atoms with Gasteiger partial charge >= 0.3 is 22.4 Å². The maximum atomic E-state index is 3.43. The Kier molecular flexibility index (Phi) is 3.02. The van der Waals surface area contributed by atoms with Crippen molar-refractivity contribution < 1.29 is 22.4 Å². The molecule has 0 spiro atoms. The number of hydrogen-bond donors (Lipinski definition) is 1. The minimum Gasteiger partial charge on any atom is -0.421 e. The van der Waals surface area contributed by atoms with Gasteiger partial charge in [-0.15, -0.1) is 0 Å². The molecule has 0 aliphatic rings. The molecule has 0 aliphatic carbocycles. The predicted octanol–water partition coefficient (Wildman–Crippen LogP) is -0.398. The smallest absolute Gasteiger partial charge is 0.421 e. The van der Waals surface area contributed by atoms with Gasteiger partial charge in [0, 0.05) is 0 Å². The number of hydrogen-bond acceptors (Lipinski definition) is 2. The molecule has 0 amide bonds. The summed E-state index contributed by atoms with van der Waals surface area (Å²) in [6.07, 6.45) is 3.76. The van der Waals surface area contributed by atoms with Crippen LogP contribution in [0.4, 0.5) is 0 Å². The van der Waals surface area contributed by atoms with Gasteiger partial charge in [-0.3, -0.25) is 5.10 Å². The third kappa shape index (κ3) is 1.35. The predicted molar refractivity (Wildman–Crippen MR) is 15.2 cm³/mol. The van der Waals surface area contributed by atoms with Gasteiger partial charge in [0.05, 0.1) is 0 Å². The zero-order valence-electron chi connectivity index (χ0n) is 2.77. The van der Waals surface area contributed by atoms with Gasteiger partial charge in [0.2, 0.25) is 0 Å². The van der Waals surface area contributed by atoms with E-state index in [-0.39, 0.29) is 22.4 Å². The Labute approximate surface area is 50.7 Å². The maximum Gasteiger partial charge on any atom is 1.00 e. The third-order valence-electron chi connectivity index (χ3n) is 0.295. The molecular weight excluding hydrogens is 263 g/mol. The summed E-state index contributed by atoms with van der Waals surface area (Å²) in [6.45, 7) is 0. The first-order valence-electron chi connectivity index (χ1n) is 1.22. The Balaban J connectivity index is 0.000000250. The first-order valence-corrected chi connectivity index (χ1v) is 1.22. The Bertz CT molecular complexity index is 65.3. The fourth-order valence-electron chi connectivity index (χ4n) is 0.144. The van der Waals surface area contributed by atoms with Crippen molar-refractivity contribution in [3.05, 3.63) is 12.7 Å². The molecule has 0 radical (unpaired) electrons. The molecule has 1 aromatic heterocycles. The quantitative estimate of drug-likeness (QED) is 0.512. The molecule has 0 aromatic carbocycles. The number of aromatic amines is 1. The van der Waals surface area contributed by atoms with Crippen LogP contribution in [0, 0.1) is 6.33 Å². The Morgan fingerprint density at radius 3 is 2.67 bits per heavy atom. The zero-order valence-corrected chi connectivity index (χ0v) is 4.94. The third-order valence-corrected chi connectivity index (χ3v) is 0.295. The van der Waals surface area contributed by atoms with Gasteiger partial charge in [-0.2, -0.15) is 0 Å². The van der Waals surface area contributed by atoms with Crippen molar-refractivity contribution in [2.75, 3.05) is 0 Å². The van der Waals surface area contributed by atoms with E-state index in [1.807, 2.05) is 0 Å². The molecule has 1 aromatic rings. The molecule has 0 saturated carbocycles. The number of rotatable bonds is 0. The fourth-order valence-corrected chi connectivity index (χ4v) is 0.144. The largest absolute Gasteiger partial charge is 1.00 e. The molecule has 0 fully saturated rings. The van der Waals surface area contributed by atoms with Crippen LogP contribution in [0.2, 0.25) is 0 Å². The van der Waals surface area contributed by atoms with Crippen LogP contribution in [0.15, 0.2) is 6.33 Å². The maximum absolute atomic E-state index is 3.43. The monoisotopic (exact) mass is 265 g/mol. The second-order valence-electron chi connectivity index (χ2n) is 0.599. The van der Waals surface area contributed by atoms with Crippen LogP contribution in [0.5, 0.6) is 0 Å². The van der Waals surface area contributed by atoms with Crippen LogP contribution in [0.25, 0.3) is 0 Å². The molecular formula is C2H2AuN3. The van der Waals surface area contributed by atoms with E-state index >= 15 is 0 Å². The second-order valence-corrected chi connectivity index (χ2v) is 0.599. The molecule has 4 heteroatoms. The number of H-pyrrole nitrogens is 1. The van der Waals surface area contributed by atoms with Crippen molar-refractivity contribution in [2.24, 2.45) is 0 Å². The van der Waals surface area contributed by atoms with Gasteiger partial charge in [0.1, 0.15) is 0 Å². The van der Waals surface area contributed by atoms with Crippen LogP contribution >= 0.6 is 0 Å². The zero-order chi connectivity index (χ0) is 3.54. The Hall–Kier alpha value is -0.120. The van der Waals surface area contributed by atoms with E-state index in [1.54, 1.807) is 0 Å². The Morgan fingerprint density at radius 2 is 2.50 bits per heavy atom. The molecule has 1 rings (SSSR count). The van der Waals surface area contributed by atoms with Gasteiger partial charge in [0.25, 0.3) is 0 Å². The van der Waals surface area contributed by atoms with Crippen molar-refractivity contribution in [1.29, 1.82) is 0 Å². The van der Waals surface area contributed by atoms with E-state index in [4.69, 9.17) is 0 Å². The standard InChI is InChI=1S/C2H2N3.Au/c1-3-2-5-4-1;/h1H,(H,3,4,5);/q-1;+1. The molecule has 3 nitrogen and oxygen atoms in total. The van der Waals surface area contributed by atoms with Crippen LogP contribution in [-0.4, -0.2) is 15.2 Å². The van der Waals surface area contributed by atoms with Crippen molar-refractivity contribution >= 4 is 0 Å². The van der Waals surface area contributed by atoms with E-state index in [0.717, 1.165) is 0 Å². The van der Waals surface area contributed by atoms with E-state index in [0.29, 0.717) is 0 Å². The topological polar surface area (TPSA) is 41.6 Å². The van der Waals surface area contributed by atoms with Crippen LogP contribution in [-0.2, 0) is 22.4 Å². The molecule has 1 N–H and O–H groups in total. The molecule has 1 heterocycles. The number of nitrogens with one attached hydrogen (secondary N) is 1. The summed E-state index contributed by atoms with van der Waals surface area (Å²) < 4.78 is 0. The van der Waals surface area contributed by atoms with Gasteiger partial charge < -0.3 is 10.1 Å². The van der Waals surface area contributed by atoms with Crippen LogP contribution < -0.4 is 0 Å². The normalized spacial score (nSPS) is 6.67. The van der Waals surface area contributed by atoms with Gasteiger partial charge in [-0.25, -0.2) is 0 Å². The molecule has 36 valence electrons. The molecule has 0 aliphatic heterocycles. The number of nitrogens with zero attached hydrogens (tertiary/aromatic N) is 2. The van der Waals surface area contributed by atoms with Crippen LogP contribution in [0.1, 0.15) is 0 Å². The average Bonchev–Trinajstić information content (AvgIpc) is 1.76. The van der Waals surface area contributed by atoms with Gasteiger partial charge in [-0.1, -0.05) is 0 Å². The summed E-state index contributed by atoms with van der Waals surface area (Å²) in [5, 5.41) is 5.81. The molecule has 0 unspecified atom stereocenters. The Morgan fingerprint density at radius 1 is 1.67 bits per heavy atom. The van der Waals surface area contributed by atoms with Gasteiger partial charge in [0.15, 0.2) is 0 Å². The van der Waals surface area contributed by atoms with Crippen molar-refractivity contribution in [2.45, 2.75) is 0 Å². The molecule has 0 saturated heterocycles. The fraction of sp³-hybridized carbons (Fsp3) is 0. The SMILES string of the molecule is [Au+].[c-]1nc[nH]n1. The first kappa shape index (κ1) is 5.88. The first-order chi connectivity index (χ1) is 2.50. The minimum atomic E-state index is 0. The summed E-state index contributed by atoms with van der Waals surface area (Å²) in [7, 11) is 0. The summed E-state index contributed by atoms with van der Waals surface area (Å²) in [5.41, 5.74) is 0. The van der Waals surface area contributed by atoms with Gasteiger partial charge in [-0.05, 0) is 12.7 Å². The summed E-state index contributed by atoms with van der Waals surface area (Å²) in [4.78, 5) is 3.43. The van der Waals surface area contributed by atoms with Crippen LogP contribution in [0.3, 0.4) is 0 Å². The summed E-state index contributed by atoms with van der Waals surface area (Å²) in [5.74, 6) is 0. The average molecular weight is 265 g/mol. The molecule has 6 heavy (non-hydrogen) atoms. The van der Waals surface area contributed by atoms with E-state index < -0.39 is 0 Å².